The van der Waals surface area contributed by atoms with Gasteiger partial charge in [0.2, 0.25) is 0 Å². The van der Waals surface area contributed by atoms with Crippen LogP contribution in [0.5, 0.6) is 5.75 Å². The van der Waals surface area contributed by atoms with E-state index < -0.39 is 0 Å². The zero-order chi connectivity index (χ0) is 19.3. The zero-order valence-corrected chi connectivity index (χ0v) is 15.9. The summed E-state index contributed by atoms with van der Waals surface area (Å²) in [6, 6.07) is 19.7. The molecular formula is C23H23N3O2. The molecule has 0 bridgehead atoms. The van der Waals surface area contributed by atoms with Crippen molar-refractivity contribution < 1.29 is 9.53 Å². The Hall–Kier alpha value is -3.34. The fourth-order valence-electron chi connectivity index (χ4n) is 3.45. The highest BCUT2D eigenvalue weighted by molar-refractivity contribution is 6.03. The van der Waals surface area contributed by atoms with E-state index >= 15 is 0 Å². The summed E-state index contributed by atoms with van der Waals surface area (Å²) in [6.45, 7) is 4.33. The van der Waals surface area contributed by atoms with Crippen molar-refractivity contribution in [3.8, 4) is 5.75 Å². The second-order valence-electron chi connectivity index (χ2n) is 6.75. The van der Waals surface area contributed by atoms with Crippen molar-refractivity contribution in [3.05, 3.63) is 83.7 Å². The first-order chi connectivity index (χ1) is 13.7. The number of hydrogen-bond donors (Lipinski definition) is 1. The number of hydrogen-bond acceptors (Lipinski definition) is 4. The molecule has 0 radical (unpaired) electrons. The van der Waals surface area contributed by atoms with Crippen LogP contribution in [-0.2, 0) is 13.0 Å². The van der Waals surface area contributed by atoms with E-state index in [0.717, 1.165) is 30.9 Å². The number of ether oxygens (including phenoxy) is 1. The number of amides is 1. The molecule has 0 spiro atoms. The van der Waals surface area contributed by atoms with Crippen LogP contribution in [0.1, 0.15) is 28.5 Å². The summed E-state index contributed by atoms with van der Waals surface area (Å²) in [6.07, 6.45) is 2.70. The molecule has 5 heteroatoms. The van der Waals surface area contributed by atoms with Gasteiger partial charge in [0, 0.05) is 30.7 Å². The maximum absolute atomic E-state index is 12.6. The van der Waals surface area contributed by atoms with Crippen molar-refractivity contribution in [3.63, 3.8) is 0 Å². The molecule has 0 saturated carbocycles. The monoisotopic (exact) mass is 373 g/mol. The van der Waals surface area contributed by atoms with Gasteiger partial charge in [-0.3, -0.25) is 9.78 Å². The number of aromatic nitrogens is 1. The predicted octanol–water partition coefficient (Wildman–Crippen LogP) is 4.30. The van der Waals surface area contributed by atoms with Crippen molar-refractivity contribution in [2.24, 2.45) is 0 Å². The number of carbonyl (C=O) groups excluding carboxylic acids is 1. The molecular weight excluding hydrogens is 350 g/mol. The molecule has 142 valence electrons. The van der Waals surface area contributed by atoms with Crippen LogP contribution in [0, 0.1) is 0 Å². The molecule has 1 amide bonds. The molecule has 0 atom stereocenters. The summed E-state index contributed by atoms with van der Waals surface area (Å²) in [5, 5.41) is 2.90. The van der Waals surface area contributed by atoms with Gasteiger partial charge in [0.25, 0.3) is 5.91 Å². The number of benzene rings is 2. The molecule has 3 aromatic rings. The summed E-state index contributed by atoms with van der Waals surface area (Å²) in [5.41, 5.74) is 4.88. The Labute approximate surface area is 165 Å². The van der Waals surface area contributed by atoms with Crippen LogP contribution in [0.3, 0.4) is 0 Å². The van der Waals surface area contributed by atoms with Crippen molar-refractivity contribution >= 4 is 17.3 Å². The Morgan fingerprint density at radius 1 is 1.11 bits per heavy atom. The number of anilines is 2. The van der Waals surface area contributed by atoms with Crippen LogP contribution in [0.2, 0.25) is 0 Å². The molecule has 5 nitrogen and oxygen atoms in total. The first-order valence-electron chi connectivity index (χ1n) is 9.55. The van der Waals surface area contributed by atoms with E-state index in [1.54, 1.807) is 6.20 Å². The van der Waals surface area contributed by atoms with Gasteiger partial charge in [-0.25, -0.2) is 0 Å². The van der Waals surface area contributed by atoms with Crippen molar-refractivity contribution in [1.29, 1.82) is 0 Å². The van der Waals surface area contributed by atoms with Crippen LogP contribution in [0.25, 0.3) is 0 Å². The van der Waals surface area contributed by atoms with Crippen LogP contribution in [-0.4, -0.2) is 24.0 Å². The second-order valence-corrected chi connectivity index (χ2v) is 6.75. The molecule has 28 heavy (non-hydrogen) atoms. The standard InChI is InChI=1S/C23H23N3O2/c1-2-28-21-9-7-19(8-10-21)25-23(27)22-15-20(11-13-24-22)26-14-12-17-5-3-4-6-18(17)16-26/h3-11,13,15H,2,12,14,16H2,1H3,(H,25,27). The maximum Gasteiger partial charge on any atom is 0.274 e. The van der Waals surface area contributed by atoms with Gasteiger partial charge in [0.05, 0.1) is 6.61 Å². The molecule has 0 aliphatic carbocycles. The van der Waals surface area contributed by atoms with Crippen molar-refractivity contribution in [1.82, 2.24) is 4.98 Å². The van der Waals surface area contributed by atoms with E-state index in [2.05, 4.69) is 39.5 Å². The molecule has 0 fully saturated rings. The third-order valence-electron chi connectivity index (χ3n) is 4.90. The van der Waals surface area contributed by atoms with Gasteiger partial charge in [0.1, 0.15) is 11.4 Å². The predicted molar refractivity (Wildman–Crippen MR) is 111 cm³/mol. The average molecular weight is 373 g/mol. The molecule has 2 heterocycles. The van der Waals surface area contributed by atoms with Crippen molar-refractivity contribution in [2.75, 3.05) is 23.4 Å². The Morgan fingerprint density at radius 2 is 1.89 bits per heavy atom. The summed E-state index contributed by atoms with van der Waals surface area (Å²) in [4.78, 5) is 19.2. The molecule has 1 aliphatic heterocycles. The summed E-state index contributed by atoms with van der Waals surface area (Å²) in [7, 11) is 0. The summed E-state index contributed by atoms with van der Waals surface area (Å²) >= 11 is 0. The lowest BCUT2D eigenvalue weighted by atomic mass is 9.99. The molecule has 0 saturated heterocycles. The zero-order valence-electron chi connectivity index (χ0n) is 15.9. The van der Waals surface area contributed by atoms with E-state index in [1.807, 2.05) is 43.3 Å². The Balaban J connectivity index is 1.47. The highest BCUT2D eigenvalue weighted by atomic mass is 16.5. The lowest BCUT2D eigenvalue weighted by molar-refractivity contribution is 0.102. The molecule has 2 aromatic carbocycles. The third kappa shape index (κ3) is 3.98. The molecule has 1 aliphatic rings. The number of fused-ring (bicyclic) bond motifs is 1. The van der Waals surface area contributed by atoms with Crippen LogP contribution in [0.15, 0.2) is 66.9 Å². The molecule has 0 unspecified atom stereocenters. The lowest BCUT2D eigenvalue weighted by Crippen LogP contribution is -2.30. The van der Waals surface area contributed by atoms with E-state index in [4.69, 9.17) is 4.74 Å². The number of pyridine rings is 1. The van der Waals surface area contributed by atoms with Crippen LogP contribution in [0.4, 0.5) is 11.4 Å². The number of nitrogens with one attached hydrogen (secondary N) is 1. The quantitative estimate of drug-likeness (QED) is 0.725. The minimum Gasteiger partial charge on any atom is -0.494 e. The number of nitrogens with zero attached hydrogens (tertiary/aromatic N) is 2. The normalized spacial score (nSPS) is 13.0. The van der Waals surface area contributed by atoms with Crippen molar-refractivity contribution in [2.45, 2.75) is 19.9 Å². The highest BCUT2D eigenvalue weighted by Crippen LogP contribution is 2.25. The van der Waals surface area contributed by atoms with Crippen LogP contribution >= 0.6 is 0 Å². The Kier molecular flexibility index (Phi) is 5.24. The van der Waals surface area contributed by atoms with Gasteiger partial charge in [-0.15, -0.1) is 0 Å². The SMILES string of the molecule is CCOc1ccc(NC(=O)c2cc(N3CCc4ccccc4C3)ccn2)cc1. The largest absolute Gasteiger partial charge is 0.494 e. The minimum absolute atomic E-state index is 0.219. The third-order valence-corrected chi connectivity index (χ3v) is 4.90. The van der Waals surface area contributed by atoms with Gasteiger partial charge in [-0.1, -0.05) is 24.3 Å². The molecule has 4 rings (SSSR count). The van der Waals surface area contributed by atoms with Gasteiger partial charge < -0.3 is 15.0 Å². The lowest BCUT2D eigenvalue weighted by Gasteiger charge is -2.30. The fraction of sp³-hybridized carbons (Fsp3) is 0.217. The van der Waals surface area contributed by atoms with E-state index in [0.29, 0.717) is 18.0 Å². The first-order valence-corrected chi connectivity index (χ1v) is 9.55. The minimum atomic E-state index is -0.219. The number of rotatable bonds is 5. The van der Waals surface area contributed by atoms with E-state index in [1.165, 1.54) is 11.1 Å². The van der Waals surface area contributed by atoms with Crippen LogP contribution < -0.4 is 15.0 Å². The average Bonchev–Trinajstić information content (AvgIpc) is 2.75. The highest BCUT2D eigenvalue weighted by Gasteiger charge is 2.17. The van der Waals surface area contributed by atoms with Gasteiger partial charge in [-0.2, -0.15) is 0 Å². The van der Waals surface area contributed by atoms with Gasteiger partial charge >= 0.3 is 0 Å². The van der Waals surface area contributed by atoms with E-state index in [-0.39, 0.29) is 5.91 Å². The smallest absolute Gasteiger partial charge is 0.274 e. The maximum atomic E-state index is 12.6. The summed E-state index contributed by atoms with van der Waals surface area (Å²) in [5.74, 6) is 0.564. The Morgan fingerprint density at radius 3 is 2.68 bits per heavy atom. The Bertz CT molecular complexity index is 970. The van der Waals surface area contributed by atoms with Gasteiger partial charge in [-0.05, 0) is 60.9 Å². The number of carbonyl (C=O) groups is 1. The molecule has 1 aromatic heterocycles. The topological polar surface area (TPSA) is 54.5 Å². The van der Waals surface area contributed by atoms with Gasteiger partial charge in [0.15, 0.2) is 0 Å². The fourth-order valence-corrected chi connectivity index (χ4v) is 3.45. The van der Waals surface area contributed by atoms with E-state index in [9.17, 15) is 4.79 Å². The molecule has 1 N–H and O–H groups in total. The summed E-state index contributed by atoms with van der Waals surface area (Å²) < 4.78 is 5.43. The first kappa shape index (κ1) is 18.0. The second kappa shape index (κ2) is 8.13.